The predicted octanol–water partition coefficient (Wildman–Crippen LogP) is 6.11. The van der Waals surface area contributed by atoms with Crippen molar-refractivity contribution < 1.29 is 24.3 Å². The summed E-state index contributed by atoms with van der Waals surface area (Å²) in [6.07, 6.45) is 4.03. The minimum absolute atomic E-state index is 0.0283. The number of amides is 3. The smallest absolute Gasteiger partial charge is 0.306 e. The van der Waals surface area contributed by atoms with Gasteiger partial charge in [0.05, 0.1) is 17.8 Å². The van der Waals surface area contributed by atoms with Gasteiger partial charge in [0.15, 0.2) is 0 Å². The van der Waals surface area contributed by atoms with Crippen molar-refractivity contribution in [2.75, 3.05) is 26.5 Å². The molecule has 1 saturated heterocycles. The minimum atomic E-state index is -0.894. The Hall–Kier alpha value is -3.83. The molecule has 2 aliphatic heterocycles. The van der Waals surface area contributed by atoms with Crippen LogP contribution in [0.25, 0.3) is 11.1 Å². The number of likely N-dealkylation sites (N-methyl/N-ethyl adjacent to an activating group) is 2. The third kappa shape index (κ3) is 8.68. The molecule has 0 spiro atoms. The first-order valence-electron chi connectivity index (χ1n) is 18.8. The van der Waals surface area contributed by atoms with Crippen molar-refractivity contribution in [3.8, 4) is 11.1 Å². The number of piperidine rings is 1. The molecule has 3 N–H and O–H groups in total. The minimum Gasteiger partial charge on any atom is -0.481 e. The summed E-state index contributed by atoms with van der Waals surface area (Å²) >= 11 is 1.50. The standard InChI is InChI=1S/C41H57N5O5S/c1-8-27(4)35(42-36(47)33-16-12-13-21-44(33)6)39(49)45(7)38(26(2)3)46-25-52-24-34(46)37(48)43-41(22-28(5)40(50)51)23-32(41)31-19-17-30(18-20-31)29-14-10-9-11-15-29/h9-11,14-15,17-20,24,26-28,32-33,35,38H,8,12-13,16,21-23,25H2,1-7H3,(H,42,47)(H,43,48)(H,50,51)/t27?,28-,32?,33+,35-,38?,41?/m0/s1. The van der Waals surface area contributed by atoms with E-state index in [0.717, 1.165) is 48.9 Å². The number of nitrogens with one attached hydrogen (secondary N) is 2. The lowest BCUT2D eigenvalue weighted by molar-refractivity contribution is -0.144. The van der Waals surface area contributed by atoms with Crippen LogP contribution in [-0.2, 0) is 19.2 Å². The molecule has 2 fully saturated rings. The summed E-state index contributed by atoms with van der Waals surface area (Å²) in [6.45, 7) is 10.6. The van der Waals surface area contributed by atoms with Gasteiger partial charge in [-0.15, -0.1) is 11.8 Å². The lowest BCUT2D eigenvalue weighted by Crippen LogP contribution is -2.60. The maximum atomic E-state index is 14.3. The molecule has 11 heteroatoms. The van der Waals surface area contributed by atoms with Crippen LogP contribution in [0.1, 0.15) is 84.6 Å². The van der Waals surface area contributed by atoms with Gasteiger partial charge < -0.3 is 25.5 Å². The zero-order valence-corrected chi connectivity index (χ0v) is 32.6. The molecule has 1 aliphatic carbocycles. The van der Waals surface area contributed by atoms with Crippen LogP contribution in [0.4, 0.5) is 0 Å². The molecule has 2 aromatic carbocycles. The highest BCUT2D eigenvalue weighted by atomic mass is 32.2. The number of likely N-dealkylation sites (tertiary alicyclic amines) is 1. The maximum Gasteiger partial charge on any atom is 0.306 e. The Bertz CT molecular complexity index is 1620. The summed E-state index contributed by atoms with van der Waals surface area (Å²) in [7, 11) is 3.73. The average Bonchev–Trinajstić information content (AvgIpc) is 3.60. The van der Waals surface area contributed by atoms with Gasteiger partial charge in [-0.25, -0.2) is 0 Å². The van der Waals surface area contributed by atoms with Crippen molar-refractivity contribution in [3.63, 3.8) is 0 Å². The van der Waals surface area contributed by atoms with E-state index in [9.17, 15) is 24.3 Å². The van der Waals surface area contributed by atoms with Crippen molar-refractivity contribution in [3.05, 3.63) is 71.3 Å². The van der Waals surface area contributed by atoms with Crippen molar-refractivity contribution in [1.29, 1.82) is 0 Å². The summed E-state index contributed by atoms with van der Waals surface area (Å²) in [5, 5.41) is 18.1. The van der Waals surface area contributed by atoms with E-state index in [0.29, 0.717) is 24.4 Å². The number of hydrogen-bond donors (Lipinski definition) is 3. The van der Waals surface area contributed by atoms with Crippen molar-refractivity contribution in [1.82, 2.24) is 25.3 Å². The molecule has 5 rings (SSSR count). The number of benzene rings is 2. The van der Waals surface area contributed by atoms with Crippen molar-refractivity contribution in [2.45, 2.75) is 103 Å². The molecule has 4 unspecified atom stereocenters. The molecule has 2 aromatic rings. The Kier molecular flexibility index (Phi) is 12.8. The van der Waals surface area contributed by atoms with Gasteiger partial charge in [-0.3, -0.25) is 24.1 Å². The highest BCUT2D eigenvalue weighted by Crippen LogP contribution is 2.55. The van der Waals surface area contributed by atoms with Gasteiger partial charge in [0, 0.05) is 23.9 Å². The van der Waals surface area contributed by atoms with Crippen LogP contribution >= 0.6 is 11.8 Å². The molecule has 52 heavy (non-hydrogen) atoms. The normalized spacial score (nSPS) is 24.0. The number of carbonyl (C=O) groups is 4. The summed E-state index contributed by atoms with van der Waals surface area (Å²) in [6, 6.07) is 17.5. The van der Waals surface area contributed by atoms with Crippen molar-refractivity contribution >= 4 is 35.5 Å². The largest absolute Gasteiger partial charge is 0.481 e. The van der Waals surface area contributed by atoms with Crippen LogP contribution in [-0.4, -0.2) is 93.8 Å². The summed E-state index contributed by atoms with van der Waals surface area (Å²) in [5.41, 5.74) is 3.02. The number of carbonyl (C=O) groups excluding carboxylic acids is 3. The fourth-order valence-corrected chi connectivity index (χ4v) is 8.99. The quantitative estimate of drug-likeness (QED) is 0.201. The summed E-state index contributed by atoms with van der Waals surface area (Å²) in [4.78, 5) is 59.9. The number of nitrogens with zero attached hydrogens (tertiary/aromatic N) is 3. The molecule has 3 amide bonds. The molecule has 3 aliphatic rings. The summed E-state index contributed by atoms with van der Waals surface area (Å²) < 4.78 is 0. The molecule has 0 aromatic heterocycles. The average molecular weight is 732 g/mol. The van der Waals surface area contributed by atoms with Crippen molar-refractivity contribution in [2.24, 2.45) is 17.8 Å². The number of rotatable bonds is 15. The Morgan fingerprint density at radius 1 is 1.00 bits per heavy atom. The van der Waals surface area contributed by atoms with Gasteiger partial charge in [-0.2, -0.15) is 0 Å². The number of hydrogen-bond acceptors (Lipinski definition) is 7. The maximum absolute atomic E-state index is 14.3. The zero-order valence-electron chi connectivity index (χ0n) is 31.8. The lowest BCUT2D eigenvalue weighted by Gasteiger charge is -2.42. The highest BCUT2D eigenvalue weighted by Gasteiger charge is 2.57. The van der Waals surface area contributed by atoms with E-state index >= 15 is 0 Å². The highest BCUT2D eigenvalue weighted by molar-refractivity contribution is 8.02. The topological polar surface area (TPSA) is 122 Å². The van der Waals surface area contributed by atoms with E-state index in [1.807, 2.05) is 63.2 Å². The molecule has 0 bridgehead atoms. The van der Waals surface area contributed by atoms with Gasteiger partial charge in [-0.1, -0.05) is 102 Å². The molecule has 10 nitrogen and oxygen atoms in total. The molecular weight excluding hydrogens is 675 g/mol. The molecule has 1 saturated carbocycles. The van der Waals surface area contributed by atoms with Gasteiger partial charge in [0.25, 0.3) is 5.91 Å². The SMILES string of the molecule is CCC(C)[C@H](NC(=O)[C@H]1CCCCN1C)C(=O)N(C)C(C(C)C)N1CSC=C1C(=O)NC1(C[C@H](C)C(=O)O)CC1c1ccc(-c2ccccc2)cc1. The molecule has 7 atom stereocenters. The molecule has 0 radical (unpaired) electrons. The van der Waals surface area contributed by atoms with E-state index in [-0.39, 0.29) is 41.5 Å². The van der Waals surface area contributed by atoms with Crippen LogP contribution < -0.4 is 10.6 Å². The Balaban J connectivity index is 1.34. The lowest BCUT2D eigenvalue weighted by atomic mass is 9.94. The Morgan fingerprint density at radius 3 is 2.29 bits per heavy atom. The first-order chi connectivity index (χ1) is 24.8. The molecular formula is C41H57N5O5S. The first-order valence-corrected chi connectivity index (χ1v) is 19.9. The van der Waals surface area contributed by atoms with Crippen LogP contribution in [0.3, 0.4) is 0 Å². The fraction of sp³-hybridized carbons (Fsp3) is 0.561. The second kappa shape index (κ2) is 16.9. The second-order valence-electron chi connectivity index (χ2n) is 15.5. The van der Waals surface area contributed by atoms with Gasteiger partial charge in [-0.05, 0) is 67.8 Å². The number of thioether (sulfide) groups is 1. The number of carboxylic acid groups (broad SMARTS) is 1. The second-order valence-corrected chi connectivity index (χ2v) is 16.4. The van der Waals surface area contributed by atoms with E-state index in [4.69, 9.17) is 0 Å². The van der Waals surface area contributed by atoms with E-state index < -0.39 is 29.6 Å². The van der Waals surface area contributed by atoms with E-state index in [1.54, 1.807) is 18.9 Å². The van der Waals surface area contributed by atoms with Gasteiger partial charge >= 0.3 is 5.97 Å². The third-order valence-corrected chi connectivity index (χ3v) is 12.2. The predicted molar refractivity (Wildman–Crippen MR) is 207 cm³/mol. The number of aliphatic carboxylic acids is 1. The van der Waals surface area contributed by atoms with Crippen LogP contribution in [0.5, 0.6) is 0 Å². The Morgan fingerprint density at radius 2 is 1.67 bits per heavy atom. The van der Waals surface area contributed by atoms with Crippen LogP contribution in [0.2, 0.25) is 0 Å². The van der Waals surface area contributed by atoms with Crippen LogP contribution in [0.15, 0.2) is 65.7 Å². The zero-order chi connectivity index (χ0) is 37.7. The van der Waals surface area contributed by atoms with Crippen LogP contribution in [0, 0.1) is 17.8 Å². The van der Waals surface area contributed by atoms with Gasteiger partial charge in [0.2, 0.25) is 11.8 Å². The van der Waals surface area contributed by atoms with Gasteiger partial charge in [0.1, 0.15) is 17.9 Å². The monoisotopic (exact) mass is 731 g/mol. The molecule has 2 heterocycles. The summed E-state index contributed by atoms with van der Waals surface area (Å²) in [5.74, 6) is -1.77. The van der Waals surface area contributed by atoms with E-state index in [1.165, 1.54) is 11.8 Å². The van der Waals surface area contributed by atoms with E-state index in [2.05, 4.69) is 51.9 Å². The third-order valence-electron chi connectivity index (χ3n) is 11.4. The fourth-order valence-electron chi connectivity index (χ4n) is 8.06. The first kappa shape index (κ1) is 39.4. The molecule has 282 valence electrons. The number of carboxylic acids is 1. The Labute approximate surface area is 313 Å².